The van der Waals surface area contributed by atoms with Crippen LogP contribution in [0.15, 0.2) is 30.3 Å². The van der Waals surface area contributed by atoms with Gasteiger partial charge >= 0.3 is 0 Å². The topological polar surface area (TPSA) is 73.1 Å². The third-order valence-corrected chi connectivity index (χ3v) is 2.61. The molecule has 2 aromatic rings. The van der Waals surface area contributed by atoms with Gasteiger partial charge in [0.1, 0.15) is 0 Å². The van der Waals surface area contributed by atoms with Crippen molar-refractivity contribution in [1.82, 2.24) is 9.97 Å². The van der Waals surface area contributed by atoms with Crippen LogP contribution in [0, 0.1) is 6.92 Å². The Morgan fingerprint density at radius 3 is 2.75 bits per heavy atom. The van der Waals surface area contributed by atoms with Crippen LogP contribution in [0.25, 0.3) is 0 Å². The van der Waals surface area contributed by atoms with E-state index in [1.807, 2.05) is 51.1 Å². The molecule has 1 aromatic carbocycles. The zero-order chi connectivity index (χ0) is 14.5. The molecule has 20 heavy (non-hydrogen) atoms. The molecular weight excluding hydrogens is 252 g/mol. The maximum atomic E-state index is 5.64. The van der Waals surface area contributed by atoms with Crippen LogP contribution in [0.2, 0.25) is 0 Å². The van der Waals surface area contributed by atoms with E-state index < -0.39 is 0 Å². The molecule has 0 amide bonds. The van der Waals surface area contributed by atoms with E-state index in [0.717, 1.165) is 16.9 Å². The summed E-state index contributed by atoms with van der Waals surface area (Å²) in [6, 6.07) is 9.69. The van der Waals surface area contributed by atoms with Gasteiger partial charge in [0.15, 0.2) is 0 Å². The lowest BCUT2D eigenvalue weighted by Crippen LogP contribution is -2.09. The van der Waals surface area contributed by atoms with Crippen molar-refractivity contribution >= 4 is 11.6 Å². The summed E-state index contributed by atoms with van der Waals surface area (Å²) in [5.41, 5.74) is 8.46. The lowest BCUT2D eigenvalue weighted by atomic mass is 10.2. The average Bonchev–Trinajstić information content (AvgIpc) is 2.37. The maximum absolute atomic E-state index is 5.64. The minimum atomic E-state index is 0.0812. The van der Waals surface area contributed by atoms with Gasteiger partial charge in [-0.05, 0) is 38.5 Å². The highest BCUT2D eigenvalue weighted by Gasteiger charge is 2.05. The summed E-state index contributed by atoms with van der Waals surface area (Å²) in [4.78, 5) is 8.71. The number of rotatable bonds is 5. The molecular formula is C15H20N4O. The predicted molar refractivity (Wildman–Crippen MR) is 80.1 cm³/mol. The van der Waals surface area contributed by atoms with Crippen molar-refractivity contribution in [2.24, 2.45) is 5.73 Å². The highest BCUT2D eigenvalue weighted by Crippen LogP contribution is 2.18. The number of nitrogens with zero attached hydrogens (tertiary/aromatic N) is 2. The first-order valence-corrected chi connectivity index (χ1v) is 6.65. The minimum absolute atomic E-state index is 0.0812. The Morgan fingerprint density at radius 2 is 2.05 bits per heavy atom. The molecule has 106 valence electrons. The monoisotopic (exact) mass is 272 g/mol. The Kier molecular flexibility index (Phi) is 4.53. The van der Waals surface area contributed by atoms with Crippen LogP contribution >= 0.6 is 0 Å². The van der Waals surface area contributed by atoms with Crippen molar-refractivity contribution in [2.75, 3.05) is 5.32 Å². The third-order valence-electron chi connectivity index (χ3n) is 2.61. The number of nitrogens with two attached hydrogens (primary N) is 1. The molecule has 3 N–H and O–H groups in total. The number of benzene rings is 1. The molecule has 2 rings (SSSR count). The molecule has 0 radical (unpaired) electrons. The second-order valence-electron chi connectivity index (χ2n) is 4.87. The first-order chi connectivity index (χ1) is 9.56. The fraction of sp³-hybridized carbons (Fsp3) is 0.333. The van der Waals surface area contributed by atoms with E-state index in [2.05, 4.69) is 15.3 Å². The highest BCUT2D eigenvalue weighted by atomic mass is 16.5. The number of ether oxygens (including phenoxy) is 1. The number of aromatic nitrogens is 2. The molecule has 0 saturated carbocycles. The Bertz CT molecular complexity index is 584. The summed E-state index contributed by atoms with van der Waals surface area (Å²) in [6.45, 7) is 6.35. The molecule has 5 heteroatoms. The van der Waals surface area contributed by atoms with Crippen molar-refractivity contribution in [3.05, 3.63) is 41.6 Å². The molecule has 0 saturated heterocycles. The zero-order valence-corrected chi connectivity index (χ0v) is 12.1. The van der Waals surface area contributed by atoms with Gasteiger partial charge in [-0.2, -0.15) is 4.98 Å². The summed E-state index contributed by atoms with van der Waals surface area (Å²) in [6.07, 6.45) is 0.0812. The van der Waals surface area contributed by atoms with Gasteiger partial charge in [-0.25, -0.2) is 4.98 Å². The SMILES string of the molecule is Cc1cc(OC(C)C)nc(Nc2cccc(CN)c2)n1. The molecule has 1 aromatic heterocycles. The van der Waals surface area contributed by atoms with Crippen molar-refractivity contribution in [3.63, 3.8) is 0 Å². The Balaban J connectivity index is 2.21. The van der Waals surface area contributed by atoms with Crippen molar-refractivity contribution in [1.29, 1.82) is 0 Å². The Morgan fingerprint density at radius 1 is 1.25 bits per heavy atom. The van der Waals surface area contributed by atoms with E-state index in [4.69, 9.17) is 10.5 Å². The Labute approximate surface area is 119 Å². The quantitative estimate of drug-likeness (QED) is 0.875. The van der Waals surface area contributed by atoms with Gasteiger partial charge < -0.3 is 15.8 Å². The second-order valence-corrected chi connectivity index (χ2v) is 4.87. The van der Waals surface area contributed by atoms with E-state index in [-0.39, 0.29) is 6.10 Å². The van der Waals surface area contributed by atoms with Crippen molar-refractivity contribution in [3.8, 4) is 5.88 Å². The summed E-state index contributed by atoms with van der Waals surface area (Å²) < 4.78 is 5.61. The molecule has 0 atom stereocenters. The van der Waals surface area contributed by atoms with E-state index in [1.54, 1.807) is 0 Å². The van der Waals surface area contributed by atoms with E-state index in [9.17, 15) is 0 Å². The minimum Gasteiger partial charge on any atom is -0.475 e. The standard InChI is InChI=1S/C15H20N4O/c1-10(2)20-14-7-11(3)17-15(19-14)18-13-6-4-5-12(8-13)9-16/h4-8,10H,9,16H2,1-3H3,(H,17,18,19). The van der Waals surface area contributed by atoms with Crippen LogP contribution in [-0.4, -0.2) is 16.1 Å². The second kappa shape index (κ2) is 6.34. The van der Waals surface area contributed by atoms with Crippen LogP contribution in [-0.2, 0) is 6.54 Å². The van der Waals surface area contributed by atoms with Crippen molar-refractivity contribution in [2.45, 2.75) is 33.4 Å². The van der Waals surface area contributed by atoms with Gasteiger partial charge in [0.05, 0.1) is 6.10 Å². The number of aryl methyl sites for hydroxylation is 1. The lowest BCUT2D eigenvalue weighted by molar-refractivity contribution is 0.232. The average molecular weight is 272 g/mol. The molecule has 1 heterocycles. The number of nitrogens with one attached hydrogen (secondary N) is 1. The highest BCUT2D eigenvalue weighted by molar-refractivity contribution is 5.54. The molecule has 0 fully saturated rings. The van der Waals surface area contributed by atoms with Crippen LogP contribution in [0.1, 0.15) is 25.1 Å². The summed E-state index contributed by atoms with van der Waals surface area (Å²) in [7, 11) is 0. The van der Waals surface area contributed by atoms with Crippen molar-refractivity contribution < 1.29 is 4.74 Å². The van der Waals surface area contributed by atoms with E-state index >= 15 is 0 Å². The molecule has 0 bridgehead atoms. The third kappa shape index (κ3) is 3.93. The van der Waals surface area contributed by atoms with E-state index in [0.29, 0.717) is 18.4 Å². The molecule has 0 unspecified atom stereocenters. The number of hydrogen-bond acceptors (Lipinski definition) is 5. The first kappa shape index (κ1) is 14.3. The first-order valence-electron chi connectivity index (χ1n) is 6.65. The van der Waals surface area contributed by atoms with Gasteiger partial charge in [-0.3, -0.25) is 0 Å². The lowest BCUT2D eigenvalue weighted by Gasteiger charge is -2.11. The van der Waals surface area contributed by atoms with Crippen LogP contribution in [0.5, 0.6) is 5.88 Å². The van der Waals surface area contributed by atoms with E-state index in [1.165, 1.54) is 0 Å². The maximum Gasteiger partial charge on any atom is 0.230 e. The molecule has 0 aliphatic heterocycles. The van der Waals surface area contributed by atoms with Gasteiger partial charge in [0, 0.05) is 24.0 Å². The summed E-state index contributed by atoms with van der Waals surface area (Å²) >= 11 is 0. The molecule has 5 nitrogen and oxygen atoms in total. The molecule has 0 aliphatic carbocycles. The molecule has 0 spiro atoms. The van der Waals surface area contributed by atoms with Gasteiger partial charge in [0.25, 0.3) is 0 Å². The van der Waals surface area contributed by atoms with Crippen LogP contribution in [0.3, 0.4) is 0 Å². The largest absolute Gasteiger partial charge is 0.475 e. The summed E-state index contributed by atoms with van der Waals surface area (Å²) in [5.74, 6) is 1.10. The Hall–Kier alpha value is -2.14. The fourth-order valence-corrected chi connectivity index (χ4v) is 1.80. The van der Waals surface area contributed by atoms with Crippen LogP contribution < -0.4 is 15.8 Å². The molecule has 0 aliphatic rings. The van der Waals surface area contributed by atoms with Gasteiger partial charge in [-0.15, -0.1) is 0 Å². The fourth-order valence-electron chi connectivity index (χ4n) is 1.80. The zero-order valence-electron chi connectivity index (χ0n) is 12.1. The normalized spacial score (nSPS) is 10.7. The smallest absolute Gasteiger partial charge is 0.230 e. The number of hydrogen-bond donors (Lipinski definition) is 2. The number of anilines is 2. The predicted octanol–water partition coefficient (Wildman–Crippen LogP) is 2.77. The van der Waals surface area contributed by atoms with Gasteiger partial charge in [-0.1, -0.05) is 12.1 Å². The van der Waals surface area contributed by atoms with Crippen LogP contribution in [0.4, 0.5) is 11.6 Å². The van der Waals surface area contributed by atoms with Gasteiger partial charge in [0.2, 0.25) is 11.8 Å². The summed E-state index contributed by atoms with van der Waals surface area (Å²) in [5, 5.41) is 3.18.